The number of benzene rings is 3. The van der Waals surface area contributed by atoms with Gasteiger partial charge in [0.25, 0.3) is 0 Å². The lowest BCUT2D eigenvalue weighted by Crippen LogP contribution is -2.64. The maximum absolute atomic E-state index is 6.56. The molecule has 0 aliphatic carbocycles. The molecule has 2 saturated heterocycles. The Morgan fingerprint density at radius 1 is 0.667 bits per heavy atom. The van der Waals surface area contributed by atoms with Gasteiger partial charge in [0, 0.05) is 0 Å². The molecule has 6 heteroatoms. The number of hydrogen-bond acceptors (Lipinski definition) is 6. The number of hydrogen-bond donors (Lipinski definition) is 0. The zero-order valence-electron chi connectivity index (χ0n) is 20.9. The first-order valence-electron chi connectivity index (χ1n) is 12.5. The predicted molar refractivity (Wildman–Crippen MR) is 135 cm³/mol. The minimum atomic E-state index is -1.09. The summed E-state index contributed by atoms with van der Waals surface area (Å²) in [6, 6.07) is 30.3. The van der Waals surface area contributed by atoms with Gasteiger partial charge in [-0.2, -0.15) is 0 Å². The summed E-state index contributed by atoms with van der Waals surface area (Å²) in [4.78, 5) is 0. The molecule has 3 aromatic rings. The Balaban J connectivity index is 1.41. The topological polar surface area (TPSA) is 55.4 Å². The van der Waals surface area contributed by atoms with Crippen molar-refractivity contribution < 1.29 is 28.4 Å². The highest BCUT2D eigenvalue weighted by Gasteiger charge is 2.60. The smallest absolute Gasteiger partial charge is 0.224 e. The van der Waals surface area contributed by atoms with Gasteiger partial charge in [0.15, 0.2) is 5.79 Å². The van der Waals surface area contributed by atoms with E-state index >= 15 is 0 Å². The van der Waals surface area contributed by atoms with Crippen LogP contribution in [0.25, 0.3) is 0 Å². The highest BCUT2D eigenvalue weighted by atomic mass is 16.8. The molecule has 4 atom stereocenters. The molecule has 190 valence electrons. The molecule has 0 saturated carbocycles. The summed E-state index contributed by atoms with van der Waals surface area (Å²) in [5.74, 6) is -1.89. The fourth-order valence-corrected chi connectivity index (χ4v) is 4.67. The third kappa shape index (κ3) is 6.03. The molecule has 5 rings (SSSR count). The Labute approximate surface area is 213 Å². The third-order valence-corrected chi connectivity index (χ3v) is 6.49. The molecule has 0 amide bonds. The van der Waals surface area contributed by atoms with Gasteiger partial charge in [0.1, 0.15) is 24.9 Å². The van der Waals surface area contributed by atoms with Gasteiger partial charge in [-0.1, -0.05) is 91.0 Å². The number of ether oxygens (including phenoxy) is 6. The summed E-state index contributed by atoms with van der Waals surface area (Å²) in [5.41, 5.74) is 3.22. The molecule has 2 heterocycles. The first kappa shape index (κ1) is 25.1. The standard InChI is InChI=1S/C30H34O6/c1-29(2)35-22-30(36-29)28(33-20-25-16-10-5-11-17-25)27(32-19-24-14-8-4-9-15-24)26(21-34-30)31-18-23-12-6-3-7-13-23/h3-17,26-28H,18-22H2,1-2H3/t26-,27-,28-,30+/m1/s1. The Morgan fingerprint density at radius 3 is 1.67 bits per heavy atom. The van der Waals surface area contributed by atoms with Crippen LogP contribution in [-0.4, -0.2) is 43.1 Å². The quantitative estimate of drug-likeness (QED) is 0.408. The van der Waals surface area contributed by atoms with Crippen LogP contribution < -0.4 is 0 Å². The van der Waals surface area contributed by atoms with Crippen LogP contribution in [0.15, 0.2) is 91.0 Å². The molecule has 2 aliphatic heterocycles. The van der Waals surface area contributed by atoms with Gasteiger partial charge >= 0.3 is 0 Å². The first-order chi connectivity index (χ1) is 17.5. The Morgan fingerprint density at radius 2 is 1.17 bits per heavy atom. The molecule has 6 nitrogen and oxygen atoms in total. The Kier molecular flexibility index (Phi) is 7.82. The van der Waals surface area contributed by atoms with E-state index in [-0.39, 0.29) is 12.7 Å². The van der Waals surface area contributed by atoms with E-state index < -0.39 is 23.8 Å². The molecule has 2 fully saturated rings. The van der Waals surface area contributed by atoms with Crippen molar-refractivity contribution in [3.63, 3.8) is 0 Å². The van der Waals surface area contributed by atoms with Crippen LogP contribution in [0, 0.1) is 0 Å². The average molecular weight is 491 g/mol. The normalized spacial score (nSPS) is 27.3. The molecule has 0 radical (unpaired) electrons. The van der Waals surface area contributed by atoms with Crippen LogP contribution in [0.1, 0.15) is 30.5 Å². The maximum atomic E-state index is 6.56. The van der Waals surface area contributed by atoms with Crippen LogP contribution in [0.3, 0.4) is 0 Å². The highest BCUT2D eigenvalue weighted by Crippen LogP contribution is 2.42. The van der Waals surface area contributed by atoms with E-state index in [1.54, 1.807) is 0 Å². The molecular formula is C30H34O6. The summed E-state index contributed by atoms with van der Waals surface area (Å²) in [5, 5.41) is 0. The molecule has 0 unspecified atom stereocenters. The monoisotopic (exact) mass is 490 g/mol. The van der Waals surface area contributed by atoms with E-state index in [1.807, 2.05) is 105 Å². The lowest BCUT2D eigenvalue weighted by atomic mass is 9.96. The van der Waals surface area contributed by atoms with Crippen molar-refractivity contribution in [2.45, 2.75) is 63.6 Å². The van der Waals surface area contributed by atoms with Crippen molar-refractivity contribution in [1.29, 1.82) is 0 Å². The van der Waals surface area contributed by atoms with Gasteiger partial charge in [0.05, 0.1) is 26.4 Å². The van der Waals surface area contributed by atoms with Crippen molar-refractivity contribution in [1.82, 2.24) is 0 Å². The zero-order chi connectivity index (χ0) is 24.8. The summed E-state index contributed by atoms with van der Waals surface area (Å²) in [7, 11) is 0. The summed E-state index contributed by atoms with van der Waals surface area (Å²) in [6.45, 7) is 5.57. The van der Waals surface area contributed by atoms with E-state index in [1.165, 1.54) is 0 Å². The van der Waals surface area contributed by atoms with Gasteiger partial charge in [0.2, 0.25) is 5.79 Å². The van der Waals surface area contributed by atoms with Crippen molar-refractivity contribution in [2.24, 2.45) is 0 Å². The van der Waals surface area contributed by atoms with E-state index in [0.717, 1.165) is 16.7 Å². The second kappa shape index (κ2) is 11.2. The van der Waals surface area contributed by atoms with Crippen LogP contribution >= 0.6 is 0 Å². The minimum Gasteiger partial charge on any atom is -0.368 e. The Hall–Kier alpha value is -2.58. The van der Waals surface area contributed by atoms with Crippen molar-refractivity contribution in [3.8, 4) is 0 Å². The van der Waals surface area contributed by atoms with Crippen molar-refractivity contribution >= 4 is 0 Å². The third-order valence-electron chi connectivity index (χ3n) is 6.49. The molecule has 0 N–H and O–H groups in total. The zero-order valence-corrected chi connectivity index (χ0v) is 20.9. The van der Waals surface area contributed by atoms with E-state index in [2.05, 4.69) is 0 Å². The van der Waals surface area contributed by atoms with Crippen LogP contribution in [-0.2, 0) is 48.2 Å². The van der Waals surface area contributed by atoms with Crippen molar-refractivity contribution in [2.75, 3.05) is 13.2 Å². The number of rotatable bonds is 9. The first-order valence-corrected chi connectivity index (χ1v) is 12.5. The van der Waals surface area contributed by atoms with E-state index in [9.17, 15) is 0 Å². The average Bonchev–Trinajstić information content (AvgIpc) is 3.22. The Bertz CT molecular complexity index is 1070. The molecule has 1 spiro atoms. The van der Waals surface area contributed by atoms with Gasteiger partial charge in [-0.3, -0.25) is 0 Å². The lowest BCUT2D eigenvalue weighted by Gasteiger charge is -2.47. The van der Waals surface area contributed by atoms with Gasteiger partial charge in [-0.25, -0.2) is 0 Å². The molecule has 36 heavy (non-hydrogen) atoms. The van der Waals surface area contributed by atoms with E-state index in [4.69, 9.17) is 28.4 Å². The summed E-state index contributed by atoms with van der Waals surface area (Å²) >= 11 is 0. The summed E-state index contributed by atoms with van der Waals surface area (Å²) < 4.78 is 38.2. The molecular weight excluding hydrogens is 456 g/mol. The van der Waals surface area contributed by atoms with Crippen LogP contribution in [0.4, 0.5) is 0 Å². The second-order valence-corrected chi connectivity index (χ2v) is 9.73. The van der Waals surface area contributed by atoms with E-state index in [0.29, 0.717) is 26.4 Å². The summed E-state index contributed by atoms with van der Waals surface area (Å²) in [6.07, 6.45) is -1.37. The molecule has 3 aromatic carbocycles. The lowest BCUT2D eigenvalue weighted by molar-refractivity contribution is -0.356. The van der Waals surface area contributed by atoms with Crippen LogP contribution in [0.2, 0.25) is 0 Å². The van der Waals surface area contributed by atoms with Gasteiger partial charge < -0.3 is 28.4 Å². The van der Waals surface area contributed by atoms with Gasteiger partial charge in [-0.15, -0.1) is 0 Å². The van der Waals surface area contributed by atoms with Gasteiger partial charge in [-0.05, 0) is 30.5 Å². The fourth-order valence-electron chi connectivity index (χ4n) is 4.67. The maximum Gasteiger partial charge on any atom is 0.224 e. The molecule has 0 bridgehead atoms. The predicted octanol–water partition coefficient (Wildman–Crippen LogP) is 5.25. The highest BCUT2D eigenvalue weighted by molar-refractivity contribution is 5.16. The van der Waals surface area contributed by atoms with Crippen LogP contribution in [0.5, 0.6) is 0 Å². The molecule has 0 aromatic heterocycles. The largest absolute Gasteiger partial charge is 0.368 e. The molecule has 2 aliphatic rings. The second-order valence-electron chi connectivity index (χ2n) is 9.73. The fraction of sp³-hybridized carbons (Fsp3) is 0.400. The SMILES string of the molecule is CC1(C)OC[C@]2(OC[C@@H](OCc3ccccc3)[C@@H](OCc3ccccc3)[C@H]2OCc2ccccc2)O1. The van der Waals surface area contributed by atoms with Crippen molar-refractivity contribution in [3.05, 3.63) is 108 Å². The minimum absolute atomic E-state index is 0.246.